The summed E-state index contributed by atoms with van der Waals surface area (Å²) in [4.78, 5) is 4.34. The highest BCUT2D eigenvalue weighted by molar-refractivity contribution is 5.79. The lowest BCUT2D eigenvalue weighted by molar-refractivity contribution is 0.197. The highest BCUT2D eigenvalue weighted by Gasteiger charge is 2.08. The molecule has 2 atom stereocenters. The van der Waals surface area contributed by atoms with E-state index in [2.05, 4.69) is 36.5 Å². The monoisotopic (exact) mass is 244 g/mol. The number of ether oxygens (including phenoxy) is 1. The Bertz CT molecular complexity index is 209. The molecule has 0 saturated heterocycles. The van der Waals surface area contributed by atoms with Crippen molar-refractivity contribution in [2.45, 2.75) is 46.1 Å². The third-order valence-electron chi connectivity index (χ3n) is 2.75. The molecule has 5 nitrogen and oxygen atoms in total. The van der Waals surface area contributed by atoms with Crippen molar-refractivity contribution >= 4 is 5.96 Å². The summed E-state index contributed by atoms with van der Waals surface area (Å²) >= 11 is 0. The molecule has 0 aliphatic carbocycles. The molecular weight excluding hydrogens is 216 g/mol. The van der Waals surface area contributed by atoms with Gasteiger partial charge in [0, 0.05) is 26.3 Å². The smallest absolute Gasteiger partial charge is 0.205 e. The van der Waals surface area contributed by atoms with Crippen molar-refractivity contribution in [2.75, 3.05) is 20.3 Å². The van der Waals surface area contributed by atoms with E-state index >= 15 is 0 Å². The van der Waals surface area contributed by atoms with E-state index in [0.29, 0.717) is 17.9 Å². The lowest BCUT2D eigenvalue weighted by Gasteiger charge is -2.19. The maximum atomic E-state index is 5.42. The van der Waals surface area contributed by atoms with E-state index < -0.39 is 0 Å². The van der Waals surface area contributed by atoms with E-state index in [-0.39, 0.29) is 0 Å². The Labute approximate surface area is 105 Å². The number of nitrogens with two attached hydrogens (primary N) is 1. The Morgan fingerprint density at radius 3 is 2.65 bits per heavy atom. The lowest BCUT2D eigenvalue weighted by atomic mass is 10.0. The van der Waals surface area contributed by atoms with Crippen LogP contribution >= 0.6 is 0 Å². The van der Waals surface area contributed by atoms with Gasteiger partial charge in [-0.2, -0.15) is 0 Å². The van der Waals surface area contributed by atoms with Gasteiger partial charge in [-0.05, 0) is 25.7 Å². The summed E-state index contributed by atoms with van der Waals surface area (Å²) in [5.41, 5.74) is 2.60. The molecule has 0 radical (unpaired) electrons. The molecule has 17 heavy (non-hydrogen) atoms. The van der Waals surface area contributed by atoms with E-state index in [1.54, 1.807) is 7.11 Å². The second-order valence-corrected chi connectivity index (χ2v) is 4.52. The number of rotatable bonds is 8. The van der Waals surface area contributed by atoms with Crippen LogP contribution in [-0.2, 0) is 4.74 Å². The predicted octanol–water partition coefficient (Wildman–Crippen LogP) is 1.26. The van der Waals surface area contributed by atoms with Crippen molar-refractivity contribution in [2.24, 2.45) is 16.8 Å². The van der Waals surface area contributed by atoms with Crippen molar-refractivity contribution in [1.29, 1.82) is 0 Å². The van der Waals surface area contributed by atoms with Crippen LogP contribution in [0.15, 0.2) is 4.99 Å². The number of hydrogen-bond donors (Lipinski definition) is 3. The van der Waals surface area contributed by atoms with Crippen LogP contribution in [0, 0.1) is 5.92 Å². The number of guanidine groups is 1. The number of methoxy groups -OCH3 is 1. The highest BCUT2D eigenvalue weighted by Crippen LogP contribution is 2.08. The van der Waals surface area contributed by atoms with Crippen LogP contribution in [0.2, 0.25) is 0 Å². The van der Waals surface area contributed by atoms with Gasteiger partial charge in [0.15, 0.2) is 0 Å². The molecule has 0 aliphatic rings. The molecule has 0 aromatic heterocycles. The fraction of sp³-hybridized carbons (Fsp3) is 0.917. The fourth-order valence-electron chi connectivity index (χ4n) is 1.60. The lowest BCUT2D eigenvalue weighted by Crippen LogP contribution is -2.46. The van der Waals surface area contributed by atoms with Crippen molar-refractivity contribution < 1.29 is 4.74 Å². The summed E-state index contributed by atoms with van der Waals surface area (Å²) < 4.78 is 4.96. The molecule has 0 saturated carbocycles. The first kappa shape index (κ1) is 16.2. The largest absolute Gasteiger partial charge is 0.385 e. The summed E-state index contributed by atoms with van der Waals surface area (Å²) in [6.07, 6.45) is 3.22. The van der Waals surface area contributed by atoms with E-state index in [0.717, 1.165) is 26.0 Å². The Kier molecular flexibility index (Phi) is 9.86. The molecule has 5 heteroatoms. The standard InChI is InChI=1S/C12H28N4O/c1-5-10(2)9-11(3)15-12(16-13)14-7-6-8-17-4/h10-11H,5-9,13H2,1-4H3,(H2,14,15,16). The first-order valence-corrected chi connectivity index (χ1v) is 6.40. The SMILES string of the molecule is CCC(C)CC(C)NC(=NCCCOC)NN. The van der Waals surface area contributed by atoms with Crippen LogP contribution in [0.3, 0.4) is 0 Å². The minimum absolute atomic E-state index is 0.377. The van der Waals surface area contributed by atoms with Gasteiger partial charge in [0.1, 0.15) is 0 Å². The van der Waals surface area contributed by atoms with Crippen LogP contribution < -0.4 is 16.6 Å². The fourth-order valence-corrected chi connectivity index (χ4v) is 1.60. The first-order valence-electron chi connectivity index (χ1n) is 6.40. The molecule has 0 heterocycles. The molecule has 0 aromatic rings. The summed E-state index contributed by atoms with van der Waals surface area (Å²) in [7, 11) is 1.69. The average molecular weight is 244 g/mol. The Morgan fingerprint density at radius 1 is 1.41 bits per heavy atom. The van der Waals surface area contributed by atoms with Crippen molar-refractivity contribution in [1.82, 2.24) is 10.7 Å². The zero-order valence-electron chi connectivity index (χ0n) is 11.6. The van der Waals surface area contributed by atoms with Gasteiger partial charge in [0.05, 0.1) is 0 Å². The Hall–Kier alpha value is -0.810. The van der Waals surface area contributed by atoms with Crippen LogP contribution in [0.4, 0.5) is 0 Å². The molecule has 0 fully saturated rings. The number of nitrogens with one attached hydrogen (secondary N) is 2. The number of hydrazine groups is 1. The molecule has 0 rings (SSSR count). The highest BCUT2D eigenvalue weighted by atomic mass is 16.5. The second kappa shape index (κ2) is 10.4. The normalized spacial score (nSPS) is 15.5. The number of hydrogen-bond acceptors (Lipinski definition) is 3. The van der Waals surface area contributed by atoms with E-state index in [1.807, 2.05) is 0 Å². The Balaban J connectivity index is 3.93. The topological polar surface area (TPSA) is 71.7 Å². The van der Waals surface area contributed by atoms with E-state index in [1.165, 1.54) is 6.42 Å². The summed E-state index contributed by atoms with van der Waals surface area (Å²) in [6, 6.07) is 0.377. The molecule has 2 unspecified atom stereocenters. The van der Waals surface area contributed by atoms with Crippen LogP contribution in [0.5, 0.6) is 0 Å². The van der Waals surface area contributed by atoms with Gasteiger partial charge < -0.3 is 10.1 Å². The molecular formula is C12H28N4O. The average Bonchev–Trinajstić information content (AvgIpc) is 2.32. The molecule has 0 amide bonds. The quantitative estimate of drug-likeness (QED) is 0.198. The van der Waals surface area contributed by atoms with Crippen LogP contribution in [0.1, 0.15) is 40.0 Å². The van der Waals surface area contributed by atoms with Crippen molar-refractivity contribution in [3.05, 3.63) is 0 Å². The van der Waals surface area contributed by atoms with Gasteiger partial charge in [-0.15, -0.1) is 0 Å². The Morgan fingerprint density at radius 2 is 2.12 bits per heavy atom. The van der Waals surface area contributed by atoms with Crippen LogP contribution in [0.25, 0.3) is 0 Å². The zero-order valence-corrected chi connectivity index (χ0v) is 11.6. The van der Waals surface area contributed by atoms with E-state index in [9.17, 15) is 0 Å². The summed E-state index contributed by atoms with van der Waals surface area (Å²) in [5.74, 6) is 6.80. The zero-order chi connectivity index (χ0) is 13.1. The molecule has 0 aromatic carbocycles. The third kappa shape index (κ3) is 8.94. The predicted molar refractivity (Wildman–Crippen MR) is 72.8 cm³/mol. The van der Waals surface area contributed by atoms with Crippen LogP contribution in [-0.4, -0.2) is 32.3 Å². The minimum atomic E-state index is 0.377. The van der Waals surface area contributed by atoms with E-state index in [4.69, 9.17) is 10.6 Å². The summed E-state index contributed by atoms with van der Waals surface area (Å²) in [5, 5.41) is 3.28. The second-order valence-electron chi connectivity index (χ2n) is 4.52. The molecule has 0 aliphatic heterocycles. The van der Waals surface area contributed by atoms with Gasteiger partial charge in [-0.25, -0.2) is 5.84 Å². The number of nitrogens with zero attached hydrogens (tertiary/aromatic N) is 1. The molecule has 102 valence electrons. The van der Waals surface area contributed by atoms with Crippen molar-refractivity contribution in [3.63, 3.8) is 0 Å². The molecule has 4 N–H and O–H groups in total. The van der Waals surface area contributed by atoms with Crippen molar-refractivity contribution in [3.8, 4) is 0 Å². The minimum Gasteiger partial charge on any atom is -0.385 e. The van der Waals surface area contributed by atoms with Gasteiger partial charge in [0.2, 0.25) is 5.96 Å². The third-order valence-corrected chi connectivity index (χ3v) is 2.75. The van der Waals surface area contributed by atoms with Gasteiger partial charge in [0.25, 0.3) is 0 Å². The maximum absolute atomic E-state index is 5.42. The maximum Gasteiger partial charge on any atom is 0.205 e. The first-order chi connectivity index (χ1) is 8.13. The molecule has 0 bridgehead atoms. The molecule has 0 spiro atoms. The number of aliphatic imine (C=N–C) groups is 1. The van der Waals surface area contributed by atoms with Gasteiger partial charge in [-0.3, -0.25) is 10.4 Å². The van der Waals surface area contributed by atoms with Gasteiger partial charge >= 0.3 is 0 Å². The summed E-state index contributed by atoms with van der Waals surface area (Å²) in [6.45, 7) is 8.05. The van der Waals surface area contributed by atoms with Gasteiger partial charge in [-0.1, -0.05) is 20.3 Å².